The van der Waals surface area contributed by atoms with Crippen LogP contribution in [0, 0.1) is 0 Å². The van der Waals surface area contributed by atoms with Gasteiger partial charge in [-0.05, 0) is 0 Å². The second-order valence-corrected chi connectivity index (χ2v) is 4.84. The molecule has 0 amide bonds. The maximum atomic E-state index is 13.7. The molecule has 0 radical (unpaired) electrons. The van der Waals surface area contributed by atoms with Crippen molar-refractivity contribution < 1.29 is 23.0 Å². The molecular formula is C8H11F3N2O2S. The smallest absolute Gasteiger partial charge is 0.286 e. The van der Waals surface area contributed by atoms with E-state index < -0.39 is 35.4 Å². The fraction of sp³-hybridized carbons (Fsp3) is 0.875. The average Bonchev–Trinajstić information content (AvgIpc) is 2.66. The van der Waals surface area contributed by atoms with Gasteiger partial charge in [0, 0.05) is 7.05 Å². The Morgan fingerprint density at radius 2 is 2.25 bits per heavy atom. The van der Waals surface area contributed by atoms with Crippen LogP contribution in [0.5, 0.6) is 0 Å². The Morgan fingerprint density at radius 3 is 2.81 bits per heavy atom. The fourth-order valence-electron chi connectivity index (χ4n) is 1.72. The van der Waals surface area contributed by atoms with Crippen molar-refractivity contribution in [1.82, 2.24) is 5.32 Å². The second-order valence-electron chi connectivity index (χ2n) is 3.56. The van der Waals surface area contributed by atoms with Crippen LogP contribution in [0.1, 0.15) is 0 Å². The largest absolute Gasteiger partial charge is 0.449 e. The lowest BCUT2D eigenvalue weighted by Crippen LogP contribution is -2.55. The Balaban J connectivity index is 2.15. The lowest BCUT2D eigenvalue weighted by molar-refractivity contribution is -0.00128. The lowest BCUT2D eigenvalue weighted by Gasteiger charge is -2.35. The van der Waals surface area contributed by atoms with Crippen molar-refractivity contribution in [2.45, 2.75) is 35.4 Å². The molecule has 92 valence electrons. The number of thioether (sulfide) groups is 1. The summed E-state index contributed by atoms with van der Waals surface area (Å²) in [5, 5.41) is 10.5. The van der Waals surface area contributed by atoms with Gasteiger partial charge in [0.1, 0.15) is 12.1 Å². The highest BCUT2D eigenvalue weighted by Gasteiger charge is 2.53. The van der Waals surface area contributed by atoms with E-state index in [1.165, 1.54) is 7.05 Å². The molecule has 2 N–H and O–H groups in total. The minimum atomic E-state index is -2.79. The van der Waals surface area contributed by atoms with Gasteiger partial charge in [-0.15, -0.1) is 11.8 Å². The van der Waals surface area contributed by atoms with Crippen LogP contribution in [-0.4, -0.2) is 53.6 Å². The number of amidine groups is 1. The summed E-state index contributed by atoms with van der Waals surface area (Å²) in [6.45, 7) is 0. The Bertz CT molecular complexity index is 305. The Labute approximate surface area is 94.3 Å². The monoisotopic (exact) mass is 256 g/mol. The first-order chi connectivity index (χ1) is 7.54. The summed E-state index contributed by atoms with van der Waals surface area (Å²) in [7, 11) is 1.44. The minimum Gasteiger partial charge on any atom is -0.449 e. The maximum Gasteiger partial charge on any atom is 0.286 e. The zero-order valence-electron chi connectivity index (χ0n) is 8.31. The topological polar surface area (TPSA) is 53.9 Å². The molecule has 8 heteroatoms. The molecule has 2 rings (SSSR count). The number of ether oxygens (including phenoxy) is 1. The van der Waals surface area contributed by atoms with Crippen LogP contribution in [0.3, 0.4) is 0 Å². The first-order valence-electron chi connectivity index (χ1n) is 4.70. The van der Waals surface area contributed by atoms with Crippen molar-refractivity contribution in [2.75, 3.05) is 7.05 Å². The van der Waals surface area contributed by atoms with Crippen molar-refractivity contribution in [1.29, 1.82) is 0 Å². The van der Waals surface area contributed by atoms with E-state index in [0.29, 0.717) is 0 Å². The Morgan fingerprint density at radius 1 is 1.56 bits per heavy atom. The summed E-state index contributed by atoms with van der Waals surface area (Å²) in [6.07, 6.45) is -6.27. The summed E-state index contributed by atoms with van der Waals surface area (Å²) in [4.78, 5) is 3.68. The van der Waals surface area contributed by atoms with E-state index in [1.54, 1.807) is 0 Å². The number of aliphatic hydroxyl groups excluding tert-OH is 1. The number of hydrogen-bond donors (Lipinski definition) is 2. The van der Waals surface area contributed by atoms with E-state index >= 15 is 0 Å². The van der Waals surface area contributed by atoms with Gasteiger partial charge in [-0.25, -0.2) is 18.2 Å². The summed E-state index contributed by atoms with van der Waals surface area (Å²) in [5.41, 5.74) is -0.768. The third kappa shape index (κ3) is 1.84. The quantitative estimate of drug-likeness (QED) is 0.711. The molecular weight excluding hydrogens is 245 g/mol. The maximum absolute atomic E-state index is 13.7. The van der Waals surface area contributed by atoms with Crippen LogP contribution in [0.25, 0.3) is 0 Å². The van der Waals surface area contributed by atoms with Gasteiger partial charge in [0.25, 0.3) is 12.4 Å². The summed E-state index contributed by atoms with van der Waals surface area (Å²) in [6, 6.07) is -0.707. The normalized spacial score (nSPS) is 45.4. The van der Waals surface area contributed by atoms with Crippen molar-refractivity contribution >= 4 is 17.8 Å². The van der Waals surface area contributed by atoms with E-state index in [2.05, 4.69) is 10.3 Å². The Kier molecular flexibility index (Phi) is 3.20. The molecule has 4 nitrogen and oxygen atoms in total. The van der Waals surface area contributed by atoms with Gasteiger partial charge in [0.15, 0.2) is 11.6 Å². The highest BCUT2D eigenvalue weighted by Crippen LogP contribution is 2.39. The van der Waals surface area contributed by atoms with Crippen LogP contribution in [-0.2, 0) is 4.74 Å². The third-order valence-corrected chi connectivity index (χ3v) is 4.02. The van der Waals surface area contributed by atoms with Crippen LogP contribution in [0.2, 0.25) is 0 Å². The molecule has 5 atom stereocenters. The van der Waals surface area contributed by atoms with Crippen LogP contribution < -0.4 is 5.32 Å². The van der Waals surface area contributed by atoms with Gasteiger partial charge in [0.05, 0.1) is 5.25 Å². The van der Waals surface area contributed by atoms with E-state index in [4.69, 9.17) is 4.74 Å². The molecule has 2 aliphatic heterocycles. The van der Waals surface area contributed by atoms with Crippen LogP contribution in [0.15, 0.2) is 4.99 Å². The van der Waals surface area contributed by atoms with Gasteiger partial charge in [-0.1, -0.05) is 0 Å². The van der Waals surface area contributed by atoms with Gasteiger partial charge in [-0.2, -0.15) is 0 Å². The molecule has 0 spiro atoms. The molecule has 2 heterocycles. The minimum absolute atomic E-state index is 0.118. The number of alkyl halides is 3. The van der Waals surface area contributed by atoms with Gasteiger partial charge in [0.2, 0.25) is 0 Å². The number of nitrogens with zero attached hydrogens (tertiary/aromatic N) is 1. The number of fused-ring (bicyclic) bond motifs is 1. The standard InChI is InChI=1S/C8H11F3N2O2S/c1-12-8-13-3-2(9)4(14)5(6(10)11)16-7(3)15-8/h2-7,14H,1H3,(H,12,13). The number of aliphatic imine (C=N–C) groups is 1. The van der Waals surface area contributed by atoms with Crippen molar-refractivity contribution in [3.8, 4) is 0 Å². The molecule has 0 aromatic carbocycles. The molecule has 2 aliphatic rings. The van der Waals surface area contributed by atoms with Gasteiger partial charge < -0.3 is 15.2 Å². The van der Waals surface area contributed by atoms with Gasteiger partial charge in [-0.3, -0.25) is 0 Å². The molecule has 5 unspecified atom stereocenters. The summed E-state index contributed by atoms with van der Waals surface area (Å²) >= 11 is 0.736. The molecule has 16 heavy (non-hydrogen) atoms. The van der Waals surface area contributed by atoms with Crippen molar-refractivity contribution in [3.05, 3.63) is 0 Å². The van der Waals surface area contributed by atoms with Crippen molar-refractivity contribution in [3.63, 3.8) is 0 Å². The third-order valence-electron chi connectivity index (χ3n) is 2.56. The first kappa shape index (κ1) is 11.8. The van der Waals surface area contributed by atoms with Crippen molar-refractivity contribution in [2.24, 2.45) is 4.99 Å². The number of nitrogens with one attached hydrogen (secondary N) is 1. The predicted octanol–water partition coefficient (Wildman–Crippen LogP) is 0.366. The van der Waals surface area contributed by atoms with E-state index in [9.17, 15) is 18.3 Å². The van der Waals surface area contributed by atoms with E-state index in [1.807, 2.05) is 0 Å². The molecule has 0 aromatic rings. The Hall–Kier alpha value is -0.630. The highest BCUT2D eigenvalue weighted by atomic mass is 32.2. The second kappa shape index (κ2) is 4.33. The molecule has 2 fully saturated rings. The van der Waals surface area contributed by atoms with E-state index in [0.717, 1.165) is 11.8 Å². The molecule has 0 saturated carbocycles. The zero-order valence-corrected chi connectivity index (χ0v) is 9.13. The molecule has 0 aliphatic carbocycles. The number of halogens is 3. The molecule has 0 bridgehead atoms. The SMILES string of the molecule is CN=C1NC2C(O1)SC(C(F)F)C(O)C2F. The average molecular weight is 256 g/mol. The highest BCUT2D eigenvalue weighted by molar-refractivity contribution is 8.00. The fourth-order valence-corrected chi connectivity index (χ4v) is 3.00. The molecule has 0 aromatic heterocycles. The van der Waals surface area contributed by atoms with E-state index in [-0.39, 0.29) is 6.02 Å². The predicted molar refractivity (Wildman–Crippen MR) is 53.4 cm³/mol. The van der Waals surface area contributed by atoms with Crippen LogP contribution >= 0.6 is 11.8 Å². The lowest BCUT2D eigenvalue weighted by atomic mass is 10.0. The molecule has 2 saturated heterocycles. The first-order valence-corrected chi connectivity index (χ1v) is 5.64. The van der Waals surface area contributed by atoms with Gasteiger partial charge >= 0.3 is 0 Å². The summed E-state index contributed by atoms with van der Waals surface area (Å²) in [5.74, 6) is 0. The number of rotatable bonds is 1. The number of aliphatic hydroxyl groups is 1. The zero-order chi connectivity index (χ0) is 11.9. The summed E-state index contributed by atoms with van der Waals surface area (Å²) < 4.78 is 43.8. The van der Waals surface area contributed by atoms with Crippen LogP contribution in [0.4, 0.5) is 13.2 Å². The number of hydrogen-bond acceptors (Lipinski definition) is 4.